The number of carbonyl (C=O) groups is 1. The average Bonchev–Trinajstić information content (AvgIpc) is 2.89. The van der Waals surface area contributed by atoms with E-state index < -0.39 is 0 Å². The zero-order valence-electron chi connectivity index (χ0n) is 12.7. The van der Waals surface area contributed by atoms with E-state index in [1.54, 1.807) is 0 Å². The van der Waals surface area contributed by atoms with Gasteiger partial charge in [-0.1, -0.05) is 26.7 Å². The van der Waals surface area contributed by atoms with Gasteiger partial charge in [-0.3, -0.25) is 4.79 Å². The minimum Gasteiger partial charge on any atom is -0.342 e. The molecule has 19 heavy (non-hydrogen) atoms. The average molecular weight is 266 g/mol. The first-order valence-electron chi connectivity index (χ1n) is 8.16. The van der Waals surface area contributed by atoms with E-state index in [0.717, 1.165) is 24.9 Å². The molecular formula is C16H30N2O. The Morgan fingerprint density at radius 2 is 1.95 bits per heavy atom. The zero-order chi connectivity index (χ0) is 13.7. The molecular weight excluding hydrogens is 236 g/mol. The molecule has 0 aromatic heterocycles. The van der Waals surface area contributed by atoms with Gasteiger partial charge in [-0.2, -0.15) is 0 Å². The summed E-state index contributed by atoms with van der Waals surface area (Å²) in [4.78, 5) is 14.0. The van der Waals surface area contributed by atoms with Crippen LogP contribution >= 0.6 is 0 Å². The van der Waals surface area contributed by atoms with Crippen molar-refractivity contribution >= 4 is 5.91 Å². The van der Waals surface area contributed by atoms with E-state index in [1.165, 1.54) is 44.9 Å². The molecule has 2 rings (SSSR count). The summed E-state index contributed by atoms with van der Waals surface area (Å²) in [6.45, 7) is 7.13. The Kier molecular flexibility index (Phi) is 5.68. The molecule has 3 heteroatoms. The van der Waals surface area contributed by atoms with Crippen molar-refractivity contribution in [3.05, 3.63) is 0 Å². The molecule has 0 spiro atoms. The molecule has 1 amide bonds. The summed E-state index contributed by atoms with van der Waals surface area (Å²) in [7, 11) is 0. The predicted octanol–water partition coefficient (Wildman–Crippen LogP) is 2.80. The van der Waals surface area contributed by atoms with Gasteiger partial charge < -0.3 is 10.2 Å². The topological polar surface area (TPSA) is 32.3 Å². The highest BCUT2D eigenvalue weighted by atomic mass is 16.2. The Hall–Kier alpha value is -0.570. The molecule has 2 fully saturated rings. The van der Waals surface area contributed by atoms with Crippen LogP contribution in [0, 0.1) is 11.8 Å². The van der Waals surface area contributed by atoms with Gasteiger partial charge in [0, 0.05) is 19.1 Å². The standard InChI is InChI=1S/C16H30N2O/c1-13(2)10-14-6-5-7-15(11-14)17-12-16(19)18-8-3-4-9-18/h13-15,17H,3-12H2,1-2H3. The van der Waals surface area contributed by atoms with Crippen molar-refractivity contribution in [3.63, 3.8) is 0 Å². The lowest BCUT2D eigenvalue weighted by Gasteiger charge is -2.31. The Morgan fingerprint density at radius 1 is 1.21 bits per heavy atom. The highest BCUT2D eigenvalue weighted by molar-refractivity contribution is 5.78. The maximum Gasteiger partial charge on any atom is 0.236 e. The normalized spacial score (nSPS) is 28.1. The molecule has 2 atom stereocenters. The zero-order valence-corrected chi connectivity index (χ0v) is 12.7. The van der Waals surface area contributed by atoms with Crippen molar-refractivity contribution in [1.29, 1.82) is 0 Å². The van der Waals surface area contributed by atoms with E-state index in [4.69, 9.17) is 0 Å². The third-order valence-corrected chi connectivity index (χ3v) is 4.59. The molecule has 2 aliphatic rings. The second-order valence-electron chi connectivity index (χ2n) is 6.83. The monoisotopic (exact) mass is 266 g/mol. The van der Waals surface area contributed by atoms with Gasteiger partial charge in [-0.25, -0.2) is 0 Å². The fourth-order valence-corrected chi connectivity index (χ4v) is 3.67. The van der Waals surface area contributed by atoms with Gasteiger partial charge in [0.2, 0.25) is 5.91 Å². The first-order valence-corrected chi connectivity index (χ1v) is 8.16. The smallest absolute Gasteiger partial charge is 0.236 e. The van der Waals surface area contributed by atoms with E-state index >= 15 is 0 Å². The largest absolute Gasteiger partial charge is 0.342 e. The SMILES string of the molecule is CC(C)CC1CCCC(NCC(=O)N2CCCC2)C1. The number of carbonyl (C=O) groups excluding carboxylic acids is 1. The fraction of sp³-hybridized carbons (Fsp3) is 0.938. The van der Waals surface area contributed by atoms with Crippen molar-refractivity contribution < 1.29 is 4.79 Å². The van der Waals surface area contributed by atoms with Gasteiger partial charge >= 0.3 is 0 Å². The predicted molar refractivity (Wildman–Crippen MR) is 79.0 cm³/mol. The van der Waals surface area contributed by atoms with Crippen LogP contribution in [0.5, 0.6) is 0 Å². The summed E-state index contributed by atoms with van der Waals surface area (Å²) in [5.41, 5.74) is 0. The van der Waals surface area contributed by atoms with E-state index in [9.17, 15) is 4.79 Å². The highest BCUT2D eigenvalue weighted by Crippen LogP contribution is 2.29. The molecule has 3 nitrogen and oxygen atoms in total. The summed E-state index contributed by atoms with van der Waals surface area (Å²) in [5.74, 6) is 1.98. The fourth-order valence-electron chi connectivity index (χ4n) is 3.67. The second-order valence-corrected chi connectivity index (χ2v) is 6.83. The first kappa shape index (κ1) is 14.8. The minimum absolute atomic E-state index is 0.309. The van der Waals surface area contributed by atoms with E-state index in [2.05, 4.69) is 19.2 Å². The quantitative estimate of drug-likeness (QED) is 0.830. The summed E-state index contributed by atoms with van der Waals surface area (Å²) in [6.07, 6.45) is 8.95. The number of rotatable bonds is 5. The first-order chi connectivity index (χ1) is 9.15. The van der Waals surface area contributed by atoms with Crippen LogP contribution in [0.25, 0.3) is 0 Å². The van der Waals surface area contributed by atoms with Gasteiger partial charge in [0.25, 0.3) is 0 Å². The molecule has 1 saturated heterocycles. The van der Waals surface area contributed by atoms with Crippen molar-refractivity contribution in [2.75, 3.05) is 19.6 Å². The maximum atomic E-state index is 12.0. The van der Waals surface area contributed by atoms with Gasteiger partial charge in [0.05, 0.1) is 6.54 Å². The van der Waals surface area contributed by atoms with Crippen LogP contribution < -0.4 is 5.32 Å². The van der Waals surface area contributed by atoms with Gasteiger partial charge in [-0.05, 0) is 43.9 Å². The molecule has 0 bridgehead atoms. The summed E-state index contributed by atoms with van der Waals surface area (Å²) >= 11 is 0. The number of likely N-dealkylation sites (tertiary alicyclic amines) is 1. The number of hydrogen-bond acceptors (Lipinski definition) is 2. The Balaban J connectivity index is 1.68. The van der Waals surface area contributed by atoms with Crippen LogP contribution in [0.1, 0.15) is 58.8 Å². The van der Waals surface area contributed by atoms with Crippen molar-refractivity contribution in [1.82, 2.24) is 10.2 Å². The number of nitrogens with zero attached hydrogens (tertiary/aromatic N) is 1. The van der Waals surface area contributed by atoms with Crippen LogP contribution in [0.3, 0.4) is 0 Å². The van der Waals surface area contributed by atoms with Crippen molar-refractivity contribution in [2.45, 2.75) is 64.8 Å². The number of amides is 1. The van der Waals surface area contributed by atoms with Crippen LogP contribution in [-0.4, -0.2) is 36.5 Å². The lowest BCUT2D eigenvalue weighted by atomic mass is 9.81. The van der Waals surface area contributed by atoms with Crippen LogP contribution in [0.4, 0.5) is 0 Å². The molecule has 0 radical (unpaired) electrons. The lowest BCUT2D eigenvalue weighted by Crippen LogP contribution is -2.42. The van der Waals surface area contributed by atoms with Crippen LogP contribution in [0.15, 0.2) is 0 Å². The highest BCUT2D eigenvalue weighted by Gasteiger charge is 2.24. The van der Waals surface area contributed by atoms with E-state index in [1.807, 2.05) is 4.90 Å². The van der Waals surface area contributed by atoms with E-state index in [0.29, 0.717) is 18.5 Å². The molecule has 0 aromatic carbocycles. The van der Waals surface area contributed by atoms with Gasteiger partial charge in [0.15, 0.2) is 0 Å². The van der Waals surface area contributed by atoms with Crippen LogP contribution in [-0.2, 0) is 4.79 Å². The molecule has 1 N–H and O–H groups in total. The van der Waals surface area contributed by atoms with Crippen molar-refractivity contribution in [2.24, 2.45) is 11.8 Å². The van der Waals surface area contributed by atoms with E-state index in [-0.39, 0.29) is 0 Å². The molecule has 2 unspecified atom stereocenters. The van der Waals surface area contributed by atoms with Gasteiger partial charge in [0.1, 0.15) is 0 Å². The molecule has 1 saturated carbocycles. The summed E-state index contributed by atoms with van der Waals surface area (Å²) < 4.78 is 0. The number of hydrogen-bond donors (Lipinski definition) is 1. The molecule has 1 heterocycles. The third-order valence-electron chi connectivity index (χ3n) is 4.59. The van der Waals surface area contributed by atoms with Crippen LogP contribution in [0.2, 0.25) is 0 Å². The Labute approximate surface area is 118 Å². The summed E-state index contributed by atoms with van der Waals surface area (Å²) in [5, 5.41) is 3.51. The molecule has 1 aliphatic heterocycles. The maximum absolute atomic E-state index is 12.0. The second kappa shape index (κ2) is 7.28. The molecule has 110 valence electrons. The third kappa shape index (κ3) is 4.79. The van der Waals surface area contributed by atoms with Crippen molar-refractivity contribution in [3.8, 4) is 0 Å². The Morgan fingerprint density at radius 3 is 2.63 bits per heavy atom. The number of nitrogens with one attached hydrogen (secondary N) is 1. The molecule has 1 aliphatic carbocycles. The summed E-state index contributed by atoms with van der Waals surface area (Å²) in [6, 6.07) is 0.573. The minimum atomic E-state index is 0.309. The Bertz CT molecular complexity index is 284. The lowest BCUT2D eigenvalue weighted by molar-refractivity contribution is -0.129. The molecule has 0 aromatic rings. The van der Waals surface area contributed by atoms with Gasteiger partial charge in [-0.15, -0.1) is 0 Å².